The summed E-state index contributed by atoms with van der Waals surface area (Å²) in [4.78, 5) is 2.42. The summed E-state index contributed by atoms with van der Waals surface area (Å²) in [6, 6.07) is 9.43. The third kappa shape index (κ3) is 3.55. The lowest BCUT2D eigenvalue weighted by Gasteiger charge is -2.30. The van der Waals surface area contributed by atoms with E-state index in [4.69, 9.17) is 0 Å². The van der Waals surface area contributed by atoms with Gasteiger partial charge in [0.25, 0.3) is 0 Å². The van der Waals surface area contributed by atoms with E-state index in [1.807, 2.05) is 0 Å². The number of hydrogen-bond acceptors (Lipinski definition) is 2. The fourth-order valence-corrected chi connectivity index (χ4v) is 2.66. The average molecular weight is 232 g/mol. The third-order valence-corrected chi connectivity index (χ3v) is 3.70. The lowest BCUT2D eigenvalue weighted by atomic mass is 10.0. The normalized spacial score (nSPS) is 21.6. The van der Waals surface area contributed by atoms with Crippen LogP contribution in [0.3, 0.4) is 0 Å². The molecule has 0 aliphatic carbocycles. The number of likely N-dealkylation sites (N-methyl/N-ethyl adjacent to an activating group) is 1. The Labute approximate surface area is 105 Å². The van der Waals surface area contributed by atoms with Gasteiger partial charge in [0, 0.05) is 19.1 Å². The van der Waals surface area contributed by atoms with Gasteiger partial charge in [-0.15, -0.1) is 0 Å². The van der Waals surface area contributed by atoms with Gasteiger partial charge >= 0.3 is 0 Å². The van der Waals surface area contributed by atoms with Gasteiger partial charge in [-0.3, -0.25) is 0 Å². The summed E-state index contributed by atoms with van der Waals surface area (Å²) in [5.41, 5.74) is 2.94. The molecule has 0 saturated carbocycles. The first-order chi connectivity index (χ1) is 8.29. The Bertz CT molecular complexity index is 349. The average Bonchev–Trinajstić information content (AvgIpc) is 2.37. The number of nitrogens with zero attached hydrogens (tertiary/aromatic N) is 1. The summed E-state index contributed by atoms with van der Waals surface area (Å²) in [6.45, 7) is 5.69. The van der Waals surface area contributed by atoms with E-state index in [1.54, 1.807) is 0 Å². The highest BCUT2D eigenvalue weighted by Gasteiger charge is 2.16. The molecule has 1 N–H and O–H groups in total. The van der Waals surface area contributed by atoms with Gasteiger partial charge < -0.3 is 10.2 Å². The predicted molar refractivity (Wildman–Crippen MR) is 73.2 cm³/mol. The monoisotopic (exact) mass is 232 g/mol. The molecule has 1 aromatic rings. The van der Waals surface area contributed by atoms with Crippen LogP contribution in [-0.4, -0.2) is 31.1 Å². The molecule has 0 aromatic heterocycles. The highest BCUT2D eigenvalue weighted by Crippen LogP contribution is 2.12. The van der Waals surface area contributed by atoms with Crippen molar-refractivity contribution in [2.24, 2.45) is 0 Å². The first kappa shape index (κ1) is 12.6. The molecule has 17 heavy (non-hydrogen) atoms. The van der Waals surface area contributed by atoms with Crippen molar-refractivity contribution in [1.29, 1.82) is 0 Å². The molecule has 0 amide bonds. The number of hydrogen-bond donors (Lipinski definition) is 1. The Morgan fingerprint density at radius 2 is 2.06 bits per heavy atom. The summed E-state index contributed by atoms with van der Waals surface area (Å²) in [5, 5.41) is 3.70. The molecular weight excluding hydrogens is 208 g/mol. The van der Waals surface area contributed by atoms with E-state index in [1.165, 1.54) is 37.1 Å². The van der Waals surface area contributed by atoms with Crippen LogP contribution in [0.2, 0.25) is 0 Å². The Kier molecular flexibility index (Phi) is 4.57. The van der Waals surface area contributed by atoms with Crippen LogP contribution < -0.4 is 5.32 Å². The smallest absolute Gasteiger partial charge is 0.0211 e. The number of aryl methyl sites for hydroxylation is 1. The molecule has 2 rings (SSSR count). The minimum Gasteiger partial charge on any atom is -0.309 e. The standard InChI is InChI=1S/C15H24N2/c1-3-13-7-4-5-8-14(13)11-16-15-9-6-10-17(2)12-15/h4-5,7-8,15-16H,3,6,9-12H2,1-2H3. The molecule has 1 aliphatic rings. The summed E-state index contributed by atoms with van der Waals surface area (Å²) in [7, 11) is 2.22. The van der Waals surface area contributed by atoms with Crippen LogP contribution in [0.25, 0.3) is 0 Å². The van der Waals surface area contributed by atoms with Crippen molar-refractivity contribution in [3.05, 3.63) is 35.4 Å². The minimum absolute atomic E-state index is 0.665. The molecular formula is C15H24N2. The van der Waals surface area contributed by atoms with Gasteiger partial charge in [0.1, 0.15) is 0 Å². The maximum Gasteiger partial charge on any atom is 0.0211 e. The molecule has 1 saturated heterocycles. The predicted octanol–water partition coefficient (Wildman–Crippen LogP) is 2.43. The van der Waals surface area contributed by atoms with Gasteiger partial charge in [-0.05, 0) is 44.0 Å². The Morgan fingerprint density at radius 3 is 2.76 bits per heavy atom. The molecule has 0 radical (unpaired) electrons. The van der Waals surface area contributed by atoms with Crippen LogP contribution >= 0.6 is 0 Å². The van der Waals surface area contributed by atoms with Gasteiger partial charge in [-0.2, -0.15) is 0 Å². The molecule has 0 bridgehead atoms. The topological polar surface area (TPSA) is 15.3 Å². The molecule has 1 unspecified atom stereocenters. The van der Waals surface area contributed by atoms with E-state index >= 15 is 0 Å². The van der Waals surface area contributed by atoms with Crippen LogP contribution in [0.15, 0.2) is 24.3 Å². The summed E-state index contributed by atoms with van der Waals surface area (Å²) in [6.07, 6.45) is 3.77. The van der Waals surface area contributed by atoms with Gasteiger partial charge in [0.15, 0.2) is 0 Å². The van der Waals surface area contributed by atoms with E-state index in [0.717, 1.165) is 13.0 Å². The van der Waals surface area contributed by atoms with E-state index in [2.05, 4.69) is 48.5 Å². The Morgan fingerprint density at radius 1 is 1.29 bits per heavy atom. The summed E-state index contributed by atoms with van der Waals surface area (Å²) >= 11 is 0. The second kappa shape index (κ2) is 6.18. The fourth-order valence-electron chi connectivity index (χ4n) is 2.66. The maximum atomic E-state index is 3.70. The SMILES string of the molecule is CCc1ccccc1CNC1CCCN(C)C1. The second-order valence-electron chi connectivity index (χ2n) is 5.10. The highest BCUT2D eigenvalue weighted by atomic mass is 15.1. The first-order valence-electron chi connectivity index (χ1n) is 6.78. The molecule has 2 nitrogen and oxygen atoms in total. The maximum absolute atomic E-state index is 3.70. The number of nitrogens with one attached hydrogen (secondary N) is 1. The zero-order valence-corrected chi connectivity index (χ0v) is 11.1. The third-order valence-electron chi connectivity index (χ3n) is 3.70. The fraction of sp³-hybridized carbons (Fsp3) is 0.600. The molecule has 2 heteroatoms. The molecule has 1 heterocycles. The van der Waals surface area contributed by atoms with Gasteiger partial charge in [0.2, 0.25) is 0 Å². The van der Waals surface area contributed by atoms with Crippen molar-refractivity contribution in [1.82, 2.24) is 10.2 Å². The minimum atomic E-state index is 0.665. The van der Waals surface area contributed by atoms with Gasteiger partial charge in [-0.25, -0.2) is 0 Å². The van der Waals surface area contributed by atoms with E-state index in [0.29, 0.717) is 6.04 Å². The van der Waals surface area contributed by atoms with Crippen LogP contribution in [0.4, 0.5) is 0 Å². The van der Waals surface area contributed by atoms with E-state index < -0.39 is 0 Å². The van der Waals surface area contributed by atoms with Gasteiger partial charge in [-0.1, -0.05) is 31.2 Å². The van der Waals surface area contributed by atoms with Crippen molar-refractivity contribution in [2.45, 2.75) is 38.8 Å². The second-order valence-corrected chi connectivity index (χ2v) is 5.10. The Balaban J connectivity index is 1.88. The number of benzene rings is 1. The highest BCUT2D eigenvalue weighted by molar-refractivity contribution is 5.26. The Hall–Kier alpha value is -0.860. The zero-order chi connectivity index (χ0) is 12.1. The van der Waals surface area contributed by atoms with Crippen LogP contribution in [0.5, 0.6) is 0 Å². The quantitative estimate of drug-likeness (QED) is 0.857. The van der Waals surface area contributed by atoms with Crippen molar-refractivity contribution in [2.75, 3.05) is 20.1 Å². The largest absolute Gasteiger partial charge is 0.309 e. The number of rotatable bonds is 4. The van der Waals surface area contributed by atoms with Crippen molar-refractivity contribution in [3.63, 3.8) is 0 Å². The van der Waals surface area contributed by atoms with Crippen molar-refractivity contribution < 1.29 is 0 Å². The van der Waals surface area contributed by atoms with Crippen LogP contribution in [0, 0.1) is 0 Å². The molecule has 0 spiro atoms. The lowest BCUT2D eigenvalue weighted by molar-refractivity contribution is 0.226. The molecule has 1 aromatic carbocycles. The van der Waals surface area contributed by atoms with Crippen LogP contribution in [0.1, 0.15) is 30.9 Å². The molecule has 1 atom stereocenters. The zero-order valence-electron chi connectivity index (χ0n) is 11.1. The van der Waals surface area contributed by atoms with E-state index in [-0.39, 0.29) is 0 Å². The first-order valence-corrected chi connectivity index (χ1v) is 6.78. The summed E-state index contributed by atoms with van der Waals surface area (Å²) in [5.74, 6) is 0. The molecule has 1 fully saturated rings. The number of piperidine rings is 1. The molecule has 1 aliphatic heterocycles. The summed E-state index contributed by atoms with van der Waals surface area (Å²) < 4.78 is 0. The number of likely N-dealkylation sites (tertiary alicyclic amines) is 1. The molecule has 94 valence electrons. The van der Waals surface area contributed by atoms with Crippen molar-refractivity contribution in [3.8, 4) is 0 Å². The van der Waals surface area contributed by atoms with Gasteiger partial charge in [0.05, 0.1) is 0 Å². The van der Waals surface area contributed by atoms with E-state index in [9.17, 15) is 0 Å². The lowest BCUT2D eigenvalue weighted by Crippen LogP contribution is -2.43. The van der Waals surface area contributed by atoms with Crippen molar-refractivity contribution >= 4 is 0 Å². The van der Waals surface area contributed by atoms with Crippen LogP contribution in [-0.2, 0) is 13.0 Å².